The predicted molar refractivity (Wildman–Crippen MR) is 105 cm³/mol. The van der Waals surface area contributed by atoms with Crippen LogP contribution < -0.4 is 15.5 Å². The fourth-order valence-electron chi connectivity index (χ4n) is 2.28. The van der Waals surface area contributed by atoms with Gasteiger partial charge in [-0.2, -0.15) is 0 Å². The van der Waals surface area contributed by atoms with Crippen LogP contribution in [0.5, 0.6) is 5.75 Å². The summed E-state index contributed by atoms with van der Waals surface area (Å²) in [4.78, 5) is 22.7. The summed E-state index contributed by atoms with van der Waals surface area (Å²) in [6, 6.07) is 13.4. The molecule has 0 spiro atoms. The third-order valence-corrected chi connectivity index (χ3v) is 3.67. The topological polar surface area (TPSA) is 115 Å². The highest BCUT2D eigenvalue weighted by molar-refractivity contribution is 5.97. The molecule has 0 saturated heterocycles. The largest absolute Gasteiger partial charge is 0.497 e. The summed E-state index contributed by atoms with van der Waals surface area (Å²) in [6.07, 6.45) is -0.0996. The Balaban J connectivity index is 1.96. The molecular formula is C19H22N4O5. The Kier molecular flexibility index (Phi) is 7.77. The van der Waals surface area contributed by atoms with Gasteiger partial charge in [-0.05, 0) is 30.7 Å². The number of nitrogens with one attached hydrogen (secondary N) is 2. The Morgan fingerprint density at radius 1 is 1.18 bits per heavy atom. The molecule has 0 fully saturated rings. The lowest BCUT2D eigenvalue weighted by Gasteiger charge is -2.10. The Bertz CT molecular complexity index is 836. The minimum absolute atomic E-state index is 0.0996. The van der Waals surface area contributed by atoms with Gasteiger partial charge in [0.05, 0.1) is 18.6 Å². The number of nitro benzene ring substituents is 1. The first-order valence-corrected chi connectivity index (χ1v) is 8.62. The monoisotopic (exact) mass is 386 g/mol. The molecule has 0 saturated carbocycles. The lowest BCUT2D eigenvalue weighted by atomic mass is 10.2. The zero-order chi connectivity index (χ0) is 20.4. The normalized spacial score (nSPS) is 10.9. The molecule has 2 aromatic carbocycles. The predicted octanol–water partition coefficient (Wildman–Crippen LogP) is 3.07. The van der Waals surface area contributed by atoms with Crippen LogP contribution in [-0.2, 0) is 16.1 Å². The fraction of sp³-hybridized carbons (Fsp3) is 0.263. The number of ether oxygens (including phenoxy) is 2. The van der Waals surface area contributed by atoms with Gasteiger partial charge in [-0.25, -0.2) is 0 Å². The number of carbonyl (C=O) groups excluding carboxylic acids is 1. The Hall–Kier alpha value is -3.62. The van der Waals surface area contributed by atoms with Crippen LogP contribution in [0.1, 0.15) is 18.9 Å². The molecule has 0 atom stereocenters. The van der Waals surface area contributed by atoms with Crippen LogP contribution in [0.15, 0.2) is 53.6 Å². The van der Waals surface area contributed by atoms with Gasteiger partial charge in [-0.15, -0.1) is 5.10 Å². The van der Waals surface area contributed by atoms with Crippen LogP contribution in [0, 0.1) is 10.1 Å². The number of para-hydroxylation sites is 2. The van der Waals surface area contributed by atoms with Gasteiger partial charge in [0.2, 0.25) is 11.8 Å². The molecule has 0 aliphatic carbocycles. The van der Waals surface area contributed by atoms with Crippen molar-refractivity contribution in [2.24, 2.45) is 5.10 Å². The van der Waals surface area contributed by atoms with E-state index in [2.05, 4.69) is 15.8 Å². The van der Waals surface area contributed by atoms with Gasteiger partial charge < -0.3 is 14.8 Å². The molecule has 1 amide bonds. The molecule has 148 valence electrons. The van der Waals surface area contributed by atoms with Gasteiger partial charge >= 0.3 is 0 Å². The van der Waals surface area contributed by atoms with E-state index >= 15 is 0 Å². The summed E-state index contributed by atoms with van der Waals surface area (Å²) in [5, 5.41) is 17.8. The quantitative estimate of drug-likeness (QED) is 0.296. The third-order valence-electron chi connectivity index (χ3n) is 3.67. The summed E-state index contributed by atoms with van der Waals surface area (Å²) in [5.74, 6) is 0.585. The molecule has 28 heavy (non-hydrogen) atoms. The molecule has 0 bridgehead atoms. The number of benzene rings is 2. The van der Waals surface area contributed by atoms with Gasteiger partial charge in [0.25, 0.3) is 5.69 Å². The number of anilines is 1. The molecule has 0 radical (unpaired) electrons. The molecule has 0 aromatic heterocycles. The number of nitrogens with zero attached hydrogens (tertiary/aromatic N) is 2. The van der Waals surface area contributed by atoms with E-state index in [9.17, 15) is 14.9 Å². The Labute approximate surface area is 162 Å². The highest BCUT2D eigenvalue weighted by Crippen LogP contribution is 2.23. The highest BCUT2D eigenvalue weighted by Gasteiger charge is 2.13. The highest BCUT2D eigenvalue weighted by atomic mass is 16.6. The van der Waals surface area contributed by atoms with Crippen molar-refractivity contribution in [3.8, 4) is 5.75 Å². The standard InChI is InChI=1S/C19H22N4O5/c1-3-28-19(22-21-16-6-4-5-7-17(16)23(25)26)12-18(24)20-13-14-8-10-15(27-2)11-9-14/h4-11,21H,3,12-13H2,1-2H3,(H,20,24)/b22-19-. The van der Waals surface area contributed by atoms with Crippen molar-refractivity contribution >= 4 is 23.2 Å². The summed E-state index contributed by atoms with van der Waals surface area (Å²) in [5.41, 5.74) is 3.61. The maximum absolute atomic E-state index is 12.2. The fourth-order valence-corrected chi connectivity index (χ4v) is 2.28. The van der Waals surface area contributed by atoms with Crippen LogP contribution in [0.4, 0.5) is 11.4 Å². The van der Waals surface area contributed by atoms with Gasteiger partial charge in [0.15, 0.2) is 0 Å². The second-order valence-corrected chi connectivity index (χ2v) is 5.63. The number of rotatable bonds is 9. The van der Waals surface area contributed by atoms with Crippen LogP contribution >= 0.6 is 0 Å². The van der Waals surface area contributed by atoms with Crippen LogP contribution in [-0.4, -0.2) is 30.4 Å². The molecular weight excluding hydrogens is 364 g/mol. The second-order valence-electron chi connectivity index (χ2n) is 5.63. The van der Waals surface area contributed by atoms with E-state index in [0.29, 0.717) is 13.2 Å². The van der Waals surface area contributed by atoms with Gasteiger partial charge in [-0.3, -0.25) is 20.3 Å². The SMILES string of the molecule is CCO/C(CC(=O)NCc1ccc(OC)cc1)=N\Nc1ccccc1[N+](=O)[O-]. The van der Waals surface area contributed by atoms with Crippen molar-refractivity contribution in [1.29, 1.82) is 0 Å². The average Bonchev–Trinajstić information content (AvgIpc) is 2.71. The molecule has 0 aliphatic rings. The van der Waals surface area contributed by atoms with E-state index in [1.165, 1.54) is 12.1 Å². The van der Waals surface area contributed by atoms with Crippen molar-refractivity contribution in [3.63, 3.8) is 0 Å². The van der Waals surface area contributed by atoms with E-state index in [-0.39, 0.29) is 29.6 Å². The van der Waals surface area contributed by atoms with Crippen molar-refractivity contribution in [3.05, 3.63) is 64.2 Å². The summed E-state index contributed by atoms with van der Waals surface area (Å²) >= 11 is 0. The van der Waals surface area contributed by atoms with E-state index in [0.717, 1.165) is 11.3 Å². The Morgan fingerprint density at radius 2 is 1.89 bits per heavy atom. The van der Waals surface area contributed by atoms with Gasteiger partial charge in [0, 0.05) is 12.6 Å². The van der Waals surface area contributed by atoms with Gasteiger partial charge in [0.1, 0.15) is 17.9 Å². The lowest BCUT2D eigenvalue weighted by Crippen LogP contribution is -2.26. The first kappa shape index (κ1) is 20.7. The van der Waals surface area contributed by atoms with E-state index in [4.69, 9.17) is 9.47 Å². The molecule has 9 heteroatoms. The smallest absolute Gasteiger partial charge is 0.294 e. The van der Waals surface area contributed by atoms with Gasteiger partial charge in [-0.1, -0.05) is 24.3 Å². The van der Waals surface area contributed by atoms with E-state index in [1.54, 1.807) is 26.2 Å². The summed E-state index contributed by atoms with van der Waals surface area (Å²) < 4.78 is 10.4. The summed E-state index contributed by atoms with van der Waals surface area (Å²) in [6.45, 7) is 2.42. The second kappa shape index (κ2) is 10.5. The van der Waals surface area contributed by atoms with Crippen molar-refractivity contribution in [1.82, 2.24) is 5.32 Å². The maximum Gasteiger partial charge on any atom is 0.294 e. The lowest BCUT2D eigenvalue weighted by molar-refractivity contribution is -0.384. The van der Waals surface area contributed by atoms with E-state index < -0.39 is 4.92 Å². The first-order valence-electron chi connectivity index (χ1n) is 8.62. The molecule has 0 heterocycles. The number of nitro groups is 1. The third kappa shape index (κ3) is 6.27. The maximum atomic E-state index is 12.2. The first-order chi connectivity index (χ1) is 13.5. The zero-order valence-corrected chi connectivity index (χ0v) is 15.7. The van der Waals surface area contributed by atoms with E-state index in [1.807, 2.05) is 24.3 Å². The number of methoxy groups -OCH3 is 1. The minimum Gasteiger partial charge on any atom is -0.497 e. The number of hydrazone groups is 1. The van der Waals surface area contributed by atoms with Crippen LogP contribution in [0.25, 0.3) is 0 Å². The number of amides is 1. The molecule has 0 aliphatic heterocycles. The minimum atomic E-state index is -0.514. The van der Waals surface area contributed by atoms with Crippen LogP contribution in [0.3, 0.4) is 0 Å². The zero-order valence-electron chi connectivity index (χ0n) is 15.7. The number of hydrogen-bond donors (Lipinski definition) is 2. The molecule has 2 aromatic rings. The molecule has 2 rings (SSSR count). The average molecular weight is 386 g/mol. The van der Waals surface area contributed by atoms with Crippen molar-refractivity contribution in [2.75, 3.05) is 19.1 Å². The molecule has 9 nitrogen and oxygen atoms in total. The van der Waals surface area contributed by atoms with Crippen molar-refractivity contribution in [2.45, 2.75) is 19.9 Å². The molecule has 0 unspecified atom stereocenters. The Morgan fingerprint density at radius 3 is 2.54 bits per heavy atom. The number of hydrogen-bond acceptors (Lipinski definition) is 7. The molecule has 2 N–H and O–H groups in total. The number of carbonyl (C=O) groups is 1. The van der Waals surface area contributed by atoms with Crippen LogP contribution in [0.2, 0.25) is 0 Å². The summed E-state index contributed by atoms with van der Waals surface area (Å²) in [7, 11) is 1.59. The van der Waals surface area contributed by atoms with Crippen molar-refractivity contribution < 1.29 is 19.2 Å².